The Bertz CT molecular complexity index is 898. The van der Waals surface area contributed by atoms with Crippen LogP contribution in [-0.4, -0.2) is 18.6 Å². The molecule has 2 aromatic rings. The summed E-state index contributed by atoms with van der Waals surface area (Å²) in [4.78, 5) is 12.6. The zero-order valence-corrected chi connectivity index (χ0v) is 14.5. The van der Waals surface area contributed by atoms with Crippen LogP contribution < -0.4 is 0 Å². The molecule has 124 valence electrons. The van der Waals surface area contributed by atoms with Crippen molar-refractivity contribution >= 4 is 15.9 Å². The number of rotatable bonds is 3. The Morgan fingerprint density at radius 2 is 1.71 bits per heavy atom. The van der Waals surface area contributed by atoms with Crippen LogP contribution >= 0.6 is 0 Å². The molecule has 1 unspecified atom stereocenters. The summed E-state index contributed by atoms with van der Waals surface area (Å²) in [5.74, 6) is -0.508. The summed E-state index contributed by atoms with van der Waals surface area (Å²) in [6.07, 6.45) is 3.31. The number of hydrogen-bond acceptors (Lipinski definition) is 3. The van der Waals surface area contributed by atoms with E-state index in [1.54, 1.807) is 18.2 Å². The SMILES string of the molecule is Cc1ccc(S(=O)(=O)N2C=CC(c3cccc(C)c3)CC2=O)cc1. The highest BCUT2D eigenvalue weighted by atomic mass is 32.2. The van der Waals surface area contributed by atoms with Crippen molar-refractivity contribution in [3.63, 3.8) is 0 Å². The Kier molecular flexibility index (Phi) is 4.28. The molecule has 0 spiro atoms. The Morgan fingerprint density at radius 3 is 2.33 bits per heavy atom. The summed E-state index contributed by atoms with van der Waals surface area (Å²) >= 11 is 0. The summed E-state index contributed by atoms with van der Waals surface area (Å²) in [5, 5.41) is 0. The largest absolute Gasteiger partial charge is 0.273 e. The first-order valence-corrected chi connectivity index (χ1v) is 9.21. The fourth-order valence-corrected chi connectivity index (χ4v) is 4.06. The van der Waals surface area contributed by atoms with Crippen LogP contribution in [0.2, 0.25) is 0 Å². The Morgan fingerprint density at radius 1 is 1.00 bits per heavy atom. The molecule has 0 aliphatic carbocycles. The van der Waals surface area contributed by atoms with E-state index >= 15 is 0 Å². The smallest absolute Gasteiger partial charge is 0.270 e. The van der Waals surface area contributed by atoms with Gasteiger partial charge in [0.15, 0.2) is 0 Å². The first kappa shape index (κ1) is 16.5. The minimum absolute atomic E-state index is 0.0955. The predicted molar refractivity (Wildman–Crippen MR) is 92.9 cm³/mol. The van der Waals surface area contributed by atoms with Crippen molar-refractivity contribution in [2.75, 3.05) is 0 Å². The summed E-state index contributed by atoms with van der Waals surface area (Å²) in [5.41, 5.74) is 3.10. The lowest BCUT2D eigenvalue weighted by Crippen LogP contribution is -2.35. The molecule has 1 amide bonds. The van der Waals surface area contributed by atoms with Crippen molar-refractivity contribution in [1.29, 1.82) is 0 Å². The van der Waals surface area contributed by atoms with Crippen LogP contribution in [0.4, 0.5) is 0 Å². The van der Waals surface area contributed by atoms with Gasteiger partial charge in [0.25, 0.3) is 10.0 Å². The molecule has 0 bridgehead atoms. The van der Waals surface area contributed by atoms with Crippen molar-refractivity contribution in [1.82, 2.24) is 4.31 Å². The molecule has 0 N–H and O–H groups in total. The minimum Gasteiger partial charge on any atom is -0.273 e. The molecular weight excluding hydrogens is 322 g/mol. The number of benzene rings is 2. The second-order valence-corrected chi connectivity index (χ2v) is 7.89. The number of carbonyl (C=O) groups is 1. The zero-order chi connectivity index (χ0) is 17.3. The van der Waals surface area contributed by atoms with E-state index in [1.165, 1.54) is 18.3 Å². The average molecular weight is 341 g/mol. The molecule has 1 atom stereocenters. The van der Waals surface area contributed by atoms with Crippen LogP contribution in [0.25, 0.3) is 0 Å². The highest BCUT2D eigenvalue weighted by molar-refractivity contribution is 7.89. The van der Waals surface area contributed by atoms with E-state index in [-0.39, 0.29) is 17.2 Å². The maximum Gasteiger partial charge on any atom is 0.270 e. The van der Waals surface area contributed by atoms with Crippen molar-refractivity contribution < 1.29 is 13.2 Å². The first-order chi connectivity index (χ1) is 11.4. The molecule has 5 heteroatoms. The van der Waals surface area contributed by atoms with Crippen molar-refractivity contribution in [3.05, 3.63) is 77.5 Å². The maximum atomic E-state index is 12.7. The third-order valence-corrected chi connectivity index (χ3v) is 5.85. The molecule has 2 aromatic carbocycles. The van der Waals surface area contributed by atoms with Gasteiger partial charge in [0.1, 0.15) is 0 Å². The van der Waals surface area contributed by atoms with E-state index in [4.69, 9.17) is 0 Å². The van der Waals surface area contributed by atoms with E-state index < -0.39 is 15.9 Å². The molecule has 3 rings (SSSR count). The quantitative estimate of drug-likeness (QED) is 0.858. The van der Waals surface area contributed by atoms with Gasteiger partial charge in [-0.1, -0.05) is 53.6 Å². The van der Waals surface area contributed by atoms with Crippen LogP contribution in [0.15, 0.2) is 65.7 Å². The van der Waals surface area contributed by atoms with E-state index in [1.807, 2.05) is 38.1 Å². The minimum atomic E-state index is -3.84. The second-order valence-electron chi connectivity index (χ2n) is 6.07. The number of sulfonamides is 1. The van der Waals surface area contributed by atoms with Gasteiger partial charge < -0.3 is 0 Å². The second kappa shape index (κ2) is 6.24. The molecule has 1 heterocycles. The third-order valence-electron chi connectivity index (χ3n) is 4.14. The topological polar surface area (TPSA) is 54.5 Å². The number of allylic oxidation sites excluding steroid dienone is 1. The zero-order valence-electron chi connectivity index (χ0n) is 13.6. The van der Waals surface area contributed by atoms with E-state index in [0.29, 0.717) is 0 Å². The fraction of sp³-hybridized carbons (Fsp3) is 0.211. The van der Waals surface area contributed by atoms with Gasteiger partial charge in [-0.25, -0.2) is 12.7 Å². The molecule has 1 aliphatic rings. The van der Waals surface area contributed by atoms with Gasteiger partial charge in [-0.05, 0) is 31.5 Å². The van der Waals surface area contributed by atoms with Crippen LogP contribution in [0.5, 0.6) is 0 Å². The van der Waals surface area contributed by atoms with Crippen LogP contribution in [0, 0.1) is 13.8 Å². The van der Waals surface area contributed by atoms with Crippen molar-refractivity contribution in [2.45, 2.75) is 31.1 Å². The first-order valence-electron chi connectivity index (χ1n) is 7.77. The number of amides is 1. The third kappa shape index (κ3) is 3.12. The monoisotopic (exact) mass is 341 g/mol. The van der Waals surface area contributed by atoms with E-state index in [0.717, 1.165) is 21.0 Å². The standard InChI is InChI=1S/C19H19NO3S/c1-14-6-8-18(9-7-14)24(22,23)20-11-10-17(13-19(20)21)16-5-3-4-15(2)12-16/h3-12,17H,13H2,1-2H3. The molecule has 0 radical (unpaired) electrons. The summed E-state index contributed by atoms with van der Waals surface area (Å²) in [6.45, 7) is 3.88. The summed E-state index contributed by atoms with van der Waals surface area (Å²) in [6, 6.07) is 14.4. The summed E-state index contributed by atoms with van der Waals surface area (Å²) in [7, 11) is -3.84. The molecule has 0 fully saturated rings. The van der Waals surface area contributed by atoms with Gasteiger partial charge >= 0.3 is 0 Å². The van der Waals surface area contributed by atoms with Crippen LogP contribution in [-0.2, 0) is 14.8 Å². The predicted octanol–water partition coefficient (Wildman–Crippen LogP) is 3.52. The Hall–Kier alpha value is -2.40. The maximum absolute atomic E-state index is 12.7. The Labute approximate surface area is 142 Å². The molecule has 0 saturated carbocycles. The molecule has 1 aliphatic heterocycles. The van der Waals surface area contributed by atoms with Gasteiger partial charge in [0.2, 0.25) is 5.91 Å². The van der Waals surface area contributed by atoms with Gasteiger partial charge in [-0.2, -0.15) is 0 Å². The van der Waals surface area contributed by atoms with Crippen LogP contribution in [0.3, 0.4) is 0 Å². The van der Waals surface area contributed by atoms with Crippen molar-refractivity contribution in [2.24, 2.45) is 0 Å². The number of carbonyl (C=O) groups excluding carboxylic acids is 1. The van der Waals surface area contributed by atoms with E-state index in [2.05, 4.69) is 0 Å². The molecular formula is C19H19NO3S. The molecule has 0 saturated heterocycles. The lowest BCUT2D eigenvalue weighted by Gasteiger charge is -2.26. The normalized spacial score (nSPS) is 18.0. The fourth-order valence-electron chi connectivity index (χ4n) is 2.78. The lowest BCUT2D eigenvalue weighted by atomic mass is 9.93. The highest BCUT2D eigenvalue weighted by Crippen LogP contribution is 2.29. The van der Waals surface area contributed by atoms with Gasteiger partial charge in [-0.15, -0.1) is 0 Å². The number of nitrogens with zero attached hydrogens (tertiary/aromatic N) is 1. The number of hydrogen-bond donors (Lipinski definition) is 0. The lowest BCUT2D eigenvalue weighted by molar-refractivity contribution is -0.125. The van der Waals surface area contributed by atoms with Gasteiger partial charge in [0.05, 0.1) is 4.90 Å². The van der Waals surface area contributed by atoms with Gasteiger partial charge in [0, 0.05) is 18.5 Å². The summed E-state index contributed by atoms with van der Waals surface area (Å²) < 4.78 is 26.2. The molecule has 24 heavy (non-hydrogen) atoms. The van der Waals surface area contributed by atoms with Gasteiger partial charge in [-0.3, -0.25) is 4.79 Å². The van der Waals surface area contributed by atoms with Crippen LogP contribution in [0.1, 0.15) is 29.0 Å². The molecule has 0 aromatic heterocycles. The average Bonchev–Trinajstić information content (AvgIpc) is 2.55. The molecule has 4 nitrogen and oxygen atoms in total. The number of aryl methyl sites for hydroxylation is 2. The Balaban J connectivity index is 1.90. The van der Waals surface area contributed by atoms with Crippen molar-refractivity contribution in [3.8, 4) is 0 Å². The van der Waals surface area contributed by atoms with E-state index in [9.17, 15) is 13.2 Å². The highest BCUT2D eigenvalue weighted by Gasteiger charge is 2.32.